The lowest BCUT2D eigenvalue weighted by atomic mass is 9.93. The first-order valence-corrected chi connectivity index (χ1v) is 7.31. The Hall–Kier alpha value is -1.26. The Labute approximate surface area is 120 Å². The molecule has 1 aliphatic carbocycles. The number of aryl methyl sites for hydroxylation is 1. The predicted octanol–water partition coefficient (Wildman–Crippen LogP) is 3.91. The molecular formula is C15H16BrNO2. The Kier molecular flexibility index (Phi) is 3.62. The summed E-state index contributed by atoms with van der Waals surface area (Å²) < 4.78 is 6.22. The Morgan fingerprint density at radius 2 is 2.26 bits per heavy atom. The zero-order valence-electron chi connectivity index (χ0n) is 10.5. The first-order valence-electron chi connectivity index (χ1n) is 6.51. The van der Waals surface area contributed by atoms with Crippen molar-refractivity contribution < 1.29 is 9.52 Å². The minimum Gasteiger partial charge on any atom is -0.506 e. The van der Waals surface area contributed by atoms with E-state index in [0.29, 0.717) is 18.3 Å². The van der Waals surface area contributed by atoms with E-state index in [4.69, 9.17) is 4.42 Å². The molecular weight excluding hydrogens is 306 g/mol. The molecule has 3 rings (SSSR count). The SMILES string of the molecule is Oc1c(Br)cccc1CNC1CCCc2occc21. The molecule has 4 heteroatoms. The summed E-state index contributed by atoms with van der Waals surface area (Å²) in [6.07, 6.45) is 5.05. The number of halogens is 1. The molecule has 0 fully saturated rings. The van der Waals surface area contributed by atoms with Crippen LogP contribution in [0.15, 0.2) is 39.4 Å². The van der Waals surface area contributed by atoms with Crippen LogP contribution in [0.3, 0.4) is 0 Å². The summed E-state index contributed by atoms with van der Waals surface area (Å²) in [7, 11) is 0. The van der Waals surface area contributed by atoms with Crippen LogP contribution in [-0.4, -0.2) is 5.11 Å². The van der Waals surface area contributed by atoms with E-state index in [0.717, 1.165) is 35.1 Å². The summed E-state index contributed by atoms with van der Waals surface area (Å²) >= 11 is 3.34. The Balaban J connectivity index is 1.73. The van der Waals surface area contributed by atoms with Gasteiger partial charge in [0.05, 0.1) is 10.7 Å². The van der Waals surface area contributed by atoms with E-state index in [-0.39, 0.29) is 0 Å². The Morgan fingerprint density at radius 3 is 3.16 bits per heavy atom. The molecule has 1 unspecified atom stereocenters. The fourth-order valence-corrected chi connectivity index (χ4v) is 3.04. The van der Waals surface area contributed by atoms with Crippen LogP contribution in [0.5, 0.6) is 5.75 Å². The van der Waals surface area contributed by atoms with Crippen LogP contribution in [-0.2, 0) is 13.0 Å². The van der Waals surface area contributed by atoms with Gasteiger partial charge in [0.1, 0.15) is 11.5 Å². The van der Waals surface area contributed by atoms with Crippen molar-refractivity contribution in [3.63, 3.8) is 0 Å². The molecule has 0 saturated carbocycles. The van der Waals surface area contributed by atoms with E-state index in [1.54, 1.807) is 6.26 Å². The molecule has 0 bridgehead atoms. The third-order valence-corrected chi connectivity index (χ3v) is 4.30. The van der Waals surface area contributed by atoms with E-state index in [1.165, 1.54) is 5.56 Å². The van der Waals surface area contributed by atoms with Crippen LogP contribution in [0, 0.1) is 0 Å². The molecule has 3 nitrogen and oxygen atoms in total. The molecule has 1 heterocycles. The number of para-hydroxylation sites is 1. The maximum Gasteiger partial charge on any atom is 0.134 e. The van der Waals surface area contributed by atoms with Gasteiger partial charge in [0.2, 0.25) is 0 Å². The number of hydrogen-bond acceptors (Lipinski definition) is 3. The van der Waals surface area contributed by atoms with Crippen molar-refractivity contribution in [3.8, 4) is 5.75 Å². The van der Waals surface area contributed by atoms with Crippen LogP contribution >= 0.6 is 15.9 Å². The fraction of sp³-hybridized carbons (Fsp3) is 0.333. The molecule has 1 aromatic heterocycles. The van der Waals surface area contributed by atoms with Crippen molar-refractivity contribution in [2.75, 3.05) is 0 Å². The Morgan fingerprint density at radius 1 is 1.37 bits per heavy atom. The number of nitrogens with one attached hydrogen (secondary N) is 1. The van der Waals surface area contributed by atoms with E-state index >= 15 is 0 Å². The molecule has 0 saturated heterocycles. The van der Waals surface area contributed by atoms with Crippen molar-refractivity contribution in [1.29, 1.82) is 0 Å². The second-order valence-corrected chi connectivity index (χ2v) is 5.73. The zero-order chi connectivity index (χ0) is 13.2. The Bertz CT molecular complexity index is 579. The first-order chi connectivity index (χ1) is 9.25. The highest BCUT2D eigenvalue weighted by molar-refractivity contribution is 9.10. The highest BCUT2D eigenvalue weighted by Crippen LogP contribution is 2.32. The van der Waals surface area contributed by atoms with Gasteiger partial charge in [0.25, 0.3) is 0 Å². The van der Waals surface area contributed by atoms with Crippen LogP contribution in [0.1, 0.15) is 35.8 Å². The molecule has 0 spiro atoms. The van der Waals surface area contributed by atoms with Gasteiger partial charge in [0.15, 0.2) is 0 Å². The highest BCUT2D eigenvalue weighted by Gasteiger charge is 2.22. The van der Waals surface area contributed by atoms with Crippen LogP contribution in [0.25, 0.3) is 0 Å². The van der Waals surface area contributed by atoms with Crippen molar-refractivity contribution in [2.24, 2.45) is 0 Å². The average Bonchev–Trinajstić information content (AvgIpc) is 2.89. The monoisotopic (exact) mass is 321 g/mol. The van der Waals surface area contributed by atoms with Gasteiger partial charge in [-0.2, -0.15) is 0 Å². The number of rotatable bonds is 3. The molecule has 0 amide bonds. The number of fused-ring (bicyclic) bond motifs is 1. The molecule has 0 aliphatic heterocycles. The van der Waals surface area contributed by atoms with Gasteiger partial charge >= 0.3 is 0 Å². The quantitative estimate of drug-likeness (QED) is 0.900. The number of benzene rings is 1. The van der Waals surface area contributed by atoms with Gasteiger partial charge < -0.3 is 14.8 Å². The minimum atomic E-state index is 0.318. The highest BCUT2D eigenvalue weighted by atomic mass is 79.9. The second kappa shape index (κ2) is 5.39. The maximum absolute atomic E-state index is 9.98. The molecule has 19 heavy (non-hydrogen) atoms. The summed E-state index contributed by atoms with van der Waals surface area (Å²) in [6, 6.07) is 8.08. The van der Waals surface area contributed by atoms with E-state index in [9.17, 15) is 5.11 Å². The summed E-state index contributed by atoms with van der Waals surface area (Å²) in [5.74, 6) is 1.42. The van der Waals surface area contributed by atoms with Gasteiger partial charge in [-0.1, -0.05) is 12.1 Å². The third-order valence-electron chi connectivity index (χ3n) is 3.66. The number of aromatic hydroxyl groups is 1. The summed E-state index contributed by atoms with van der Waals surface area (Å²) in [6.45, 7) is 0.653. The third kappa shape index (κ3) is 2.55. The number of phenols is 1. The largest absolute Gasteiger partial charge is 0.506 e. The van der Waals surface area contributed by atoms with Crippen molar-refractivity contribution in [2.45, 2.75) is 31.8 Å². The molecule has 100 valence electrons. The van der Waals surface area contributed by atoms with Gasteiger partial charge in [-0.25, -0.2) is 0 Å². The number of phenolic OH excluding ortho intramolecular Hbond substituents is 1. The van der Waals surface area contributed by atoms with E-state index < -0.39 is 0 Å². The summed E-state index contributed by atoms with van der Waals surface area (Å²) in [5.41, 5.74) is 2.17. The molecule has 2 aromatic rings. The van der Waals surface area contributed by atoms with Gasteiger partial charge in [0, 0.05) is 30.1 Å². The summed E-state index contributed by atoms with van der Waals surface area (Å²) in [4.78, 5) is 0. The minimum absolute atomic E-state index is 0.318. The van der Waals surface area contributed by atoms with E-state index in [1.807, 2.05) is 24.3 Å². The molecule has 1 atom stereocenters. The van der Waals surface area contributed by atoms with Crippen molar-refractivity contribution >= 4 is 15.9 Å². The molecule has 0 radical (unpaired) electrons. The first kappa shape index (κ1) is 12.8. The van der Waals surface area contributed by atoms with Crippen molar-refractivity contribution in [3.05, 3.63) is 51.9 Å². The predicted molar refractivity (Wildman–Crippen MR) is 77.0 cm³/mol. The average molecular weight is 322 g/mol. The lowest BCUT2D eigenvalue weighted by Crippen LogP contribution is -2.24. The van der Waals surface area contributed by atoms with Crippen LogP contribution in [0.4, 0.5) is 0 Å². The van der Waals surface area contributed by atoms with Crippen molar-refractivity contribution in [1.82, 2.24) is 5.32 Å². The smallest absolute Gasteiger partial charge is 0.134 e. The number of furan rings is 1. The normalized spacial score (nSPS) is 18.3. The molecule has 2 N–H and O–H groups in total. The van der Waals surface area contributed by atoms with Gasteiger partial charge in [-0.3, -0.25) is 0 Å². The van der Waals surface area contributed by atoms with Gasteiger partial charge in [-0.15, -0.1) is 0 Å². The van der Waals surface area contributed by atoms with Crippen LogP contribution in [0.2, 0.25) is 0 Å². The number of hydrogen-bond donors (Lipinski definition) is 2. The second-order valence-electron chi connectivity index (χ2n) is 4.87. The lowest BCUT2D eigenvalue weighted by Gasteiger charge is -2.23. The van der Waals surface area contributed by atoms with E-state index in [2.05, 4.69) is 21.2 Å². The maximum atomic E-state index is 9.98. The van der Waals surface area contributed by atoms with Crippen LogP contribution < -0.4 is 5.32 Å². The zero-order valence-corrected chi connectivity index (χ0v) is 12.1. The molecule has 1 aliphatic rings. The molecule has 1 aromatic carbocycles. The summed E-state index contributed by atoms with van der Waals surface area (Å²) in [5, 5.41) is 13.5. The van der Waals surface area contributed by atoms with Gasteiger partial charge in [-0.05, 0) is 40.9 Å². The lowest BCUT2D eigenvalue weighted by molar-refractivity contribution is 0.405. The standard InChI is InChI=1S/C15H16BrNO2/c16-12-4-1-3-10(15(12)18)9-17-13-5-2-6-14-11(13)7-8-19-14/h1,3-4,7-8,13,17-18H,2,5-6,9H2. The topological polar surface area (TPSA) is 45.4 Å². The fourth-order valence-electron chi connectivity index (χ4n) is 2.63.